The van der Waals surface area contributed by atoms with Crippen molar-refractivity contribution in [2.24, 2.45) is 17.6 Å². The molecule has 4 unspecified atom stereocenters. The van der Waals surface area contributed by atoms with Gasteiger partial charge in [-0.05, 0) is 38.1 Å². The number of halogens is 1. The summed E-state index contributed by atoms with van der Waals surface area (Å²) < 4.78 is 13.8. The van der Waals surface area contributed by atoms with Gasteiger partial charge in [0, 0.05) is 12.5 Å². The summed E-state index contributed by atoms with van der Waals surface area (Å²) >= 11 is 0. The number of likely N-dealkylation sites (tertiary alicyclic amines) is 1. The maximum atomic E-state index is 13.8. The number of nitrogens with zero attached hydrogens (tertiary/aromatic N) is 1. The highest BCUT2D eigenvalue weighted by Gasteiger charge is 2.31. The monoisotopic (exact) mass is 228 g/mol. The molecule has 2 aliphatic rings. The van der Waals surface area contributed by atoms with Gasteiger partial charge < -0.3 is 5.73 Å². The zero-order chi connectivity index (χ0) is 11.5. The second kappa shape index (κ2) is 5.46. The van der Waals surface area contributed by atoms with Crippen molar-refractivity contribution in [2.45, 2.75) is 57.8 Å². The first-order valence-corrected chi connectivity index (χ1v) is 6.82. The van der Waals surface area contributed by atoms with E-state index in [-0.39, 0.29) is 12.1 Å². The van der Waals surface area contributed by atoms with E-state index in [1.54, 1.807) is 0 Å². The standard InChI is InChI=1S/C13H25FN2/c1-10-5-4-8-16(13(10)15)9-11-6-2-3-7-12(11)14/h10-13H,2-9,15H2,1H3. The van der Waals surface area contributed by atoms with Gasteiger partial charge in [0.15, 0.2) is 0 Å². The van der Waals surface area contributed by atoms with E-state index in [9.17, 15) is 4.39 Å². The highest BCUT2D eigenvalue weighted by Crippen LogP contribution is 2.29. The first kappa shape index (κ1) is 12.3. The molecule has 0 amide bonds. The molecule has 4 atom stereocenters. The number of hydrogen-bond donors (Lipinski definition) is 1. The van der Waals surface area contributed by atoms with Crippen LogP contribution in [0.4, 0.5) is 4.39 Å². The van der Waals surface area contributed by atoms with Gasteiger partial charge in [-0.1, -0.05) is 19.8 Å². The Balaban J connectivity index is 1.87. The molecule has 1 heterocycles. The van der Waals surface area contributed by atoms with Crippen molar-refractivity contribution in [2.75, 3.05) is 13.1 Å². The SMILES string of the molecule is CC1CCCN(CC2CCCCC2F)C1N. The lowest BCUT2D eigenvalue weighted by Crippen LogP contribution is -2.52. The lowest BCUT2D eigenvalue weighted by molar-refractivity contribution is 0.0521. The normalized spacial score (nSPS) is 42.2. The van der Waals surface area contributed by atoms with E-state index < -0.39 is 6.17 Å². The van der Waals surface area contributed by atoms with Crippen LogP contribution in [0.5, 0.6) is 0 Å². The van der Waals surface area contributed by atoms with Crippen molar-refractivity contribution >= 4 is 0 Å². The van der Waals surface area contributed by atoms with Crippen LogP contribution in [-0.4, -0.2) is 30.3 Å². The Labute approximate surface area is 98.4 Å². The smallest absolute Gasteiger partial charge is 0.104 e. The largest absolute Gasteiger partial charge is 0.316 e. The van der Waals surface area contributed by atoms with Crippen LogP contribution in [0.3, 0.4) is 0 Å². The Kier molecular flexibility index (Phi) is 4.20. The molecule has 2 rings (SSSR count). The maximum Gasteiger partial charge on any atom is 0.104 e. The maximum absolute atomic E-state index is 13.8. The lowest BCUT2D eigenvalue weighted by atomic mass is 9.86. The molecule has 0 aromatic carbocycles. The van der Waals surface area contributed by atoms with Gasteiger partial charge >= 0.3 is 0 Å². The molecular weight excluding hydrogens is 203 g/mol. The molecule has 2 fully saturated rings. The van der Waals surface area contributed by atoms with Crippen molar-refractivity contribution in [1.29, 1.82) is 0 Å². The Morgan fingerprint density at radius 1 is 1.19 bits per heavy atom. The van der Waals surface area contributed by atoms with Crippen molar-refractivity contribution in [3.8, 4) is 0 Å². The van der Waals surface area contributed by atoms with Gasteiger partial charge in [0.2, 0.25) is 0 Å². The fraction of sp³-hybridized carbons (Fsp3) is 1.00. The van der Waals surface area contributed by atoms with Crippen LogP contribution in [0, 0.1) is 11.8 Å². The number of piperidine rings is 1. The van der Waals surface area contributed by atoms with E-state index in [4.69, 9.17) is 5.73 Å². The summed E-state index contributed by atoms with van der Waals surface area (Å²) in [5.41, 5.74) is 6.19. The fourth-order valence-electron chi connectivity index (χ4n) is 3.18. The predicted molar refractivity (Wildman–Crippen MR) is 64.8 cm³/mol. The predicted octanol–water partition coefficient (Wildman–Crippen LogP) is 2.53. The summed E-state index contributed by atoms with van der Waals surface area (Å²) in [6.45, 7) is 4.16. The summed E-state index contributed by atoms with van der Waals surface area (Å²) in [5.74, 6) is 0.806. The highest BCUT2D eigenvalue weighted by molar-refractivity contribution is 4.83. The molecule has 0 radical (unpaired) electrons. The number of alkyl halides is 1. The average molecular weight is 228 g/mol. The molecule has 0 spiro atoms. The number of nitrogens with two attached hydrogens (primary N) is 1. The zero-order valence-corrected chi connectivity index (χ0v) is 10.4. The van der Waals surface area contributed by atoms with E-state index in [1.807, 2.05) is 0 Å². The quantitative estimate of drug-likeness (QED) is 0.787. The molecule has 94 valence electrons. The third-order valence-corrected chi connectivity index (χ3v) is 4.39. The van der Waals surface area contributed by atoms with Crippen LogP contribution in [0.25, 0.3) is 0 Å². The summed E-state index contributed by atoms with van der Waals surface area (Å²) in [6, 6.07) is 0. The second-order valence-electron chi connectivity index (χ2n) is 5.67. The Morgan fingerprint density at radius 3 is 2.69 bits per heavy atom. The van der Waals surface area contributed by atoms with Crippen molar-refractivity contribution in [3.63, 3.8) is 0 Å². The molecule has 0 aromatic rings. The van der Waals surface area contributed by atoms with E-state index in [0.717, 1.165) is 32.4 Å². The lowest BCUT2D eigenvalue weighted by Gasteiger charge is -2.40. The average Bonchev–Trinajstić information content (AvgIpc) is 2.28. The van der Waals surface area contributed by atoms with Crippen molar-refractivity contribution in [1.82, 2.24) is 4.90 Å². The van der Waals surface area contributed by atoms with Crippen LogP contribution >= 0.6 is 0 Å². The molecule has 1 aliphatic heterocycles. The number of hydrogen-bond acceptors (Lipinski definition) is 2. The molecule has 0 bridgehead atoms. The Hall–Kier alpha value is -0.150. The van der Waals surface area contributed by atoms with Crippen molar-refractivity contribution in [3.05, 3.63) is 0 Å². The van der Waals surface area contributed by atoms with Gasteiger partial charge in [-0.15, -0.1) is 0 Å². The molecule has 3 heteroatoms. The molecule has 2 N–H and O–H groups in total. The van der Waals surface area contributed by atoms with Gasteiger partial charge in [0.05, 0.1) is 6.17 Å². The third-order valence-electron chi connectivity index (χ3n) is 4.39. The van der Waals surface area contributed by atoms with Crippen LogP contribution < -0.4 is 5.73 Å². The Bertz CT molecular complexity index is 222. The van der Waals surface area contributed by atoms with E-state index in [1.165, 1.54) is 19.3 Å². The number of rotatable bonds is 2. The van der Waals surface area contributed by atoms with E-state index in [2.05, 4.69) is 11.8 Å². The minimum absolute atomic E-state index is 0.155. The first-order valence-electron chi connectivity index (χ1n) is 6.82. The van der Waals surface area contributed by atoms with Gasteiger partial charge in [0.1, 0.15) is 6.17 Å². The molecular formula is C13H25FN2. The third kappa shape index (κ3) is 2.75. The van der Waals surface area contributed by atoms with Gasteiger partial charge in [-0.25, -0.2) is 4.39 Å². The molecule has 0 aromatic heterocycles. The Morgan fingerprint density at radius 2 is 1.94 bits per heavy atom. The molecule has 1 saturated carbocycles. The van der Waals surface area contributed by atoms with Gasteiger partial charge in [-0.3, -0.25) is 4.90 Å². The van der Waals surface area contributed by atoms with Gasteiger partial charge in [0.25, 0.3) is 0 Å². The summed E-state index contributed by atoms with van der Waals surface area (Å²) in [6.07, 6.45) is 6.10. The van der Waals surface area contributed by atoms with Crippen LogP contribution in [0.1, 0.15) is 45.4 Å². The minimum atomic E-state index is -0.585. The zero-order valence-electron chi connectivity index (χ0n) is 10.4. The topological polar surface area (TPSA) is 29.3 Å². The van der Waals surface area contributed by atoms with Crippen LogP contribution in [-0.2, 0) is 0 Å². The summed E-state index contributed by atoms with van der Waals surface area (Å²) in [5, 5.41) is 0. The summed E-state index contributed by atoms with van der Waals surface area (Å²) in [4.78, 5) is 2.32. The van der Waals surface area contributed by atoms with Crippen molar-refractivity contribution < 1.29 is 4.39 Å². The van der Waals surface area contributed by atoms with E-state index >= 15 is 0 Å². The van der Waals surface area contributed by atoms with Crippen LogP contribution in [0.2, 0.25) is 0 Å². The van der Waals surface area contributed by atoms with E-state index in [0.29, 0.717) is 5.92 Å². The molecule has 1 saturated heterocycles. The molecule has 1 aliphatic carbocycles. The molecule has 2 nitrogen and oxygen atoms in total. The summed E-state index contributed by atoms with van der Waals surface area (Å²) in [7, 11) is 0. The van der Waals surface area contributed by atoms with Crippen LogP contribution in [0.15, 0.2) is 0 Å². The minimum Gasteiger partial charge on any atom is -0.316 e. The second-order valence-corrected chi connectivity index (χ2v) is 5.67. The first-order chi connectivity index (χ1) is 7.68. The highest BCUT2D eigenvalue weighted by atomic mass is 19.1. The molecule has 16 heavy (non-hydrogen) atoms. The van der Waals surface area contributed by atoms with Gasteiger partial charge in [-0.2, -0.15) is 0 Å². The fourth-order valence-corrected chi connectivity index (χ4v) is 3.18.